The highest BCUT2D eigenvalue weighted by Gasteiger charge is 2.16. The number of aliphatic hydroxyl groups excluding tert-OH is 1. The normalized spacial score (nSPS) is 15.6. The molecule has 0 bridgehead atoms. The van der Waals surface area contributed by atoms with Gasteiger partial charge in [-0.05, 0) is 35.9 Å². The Hall–Kier alpha value is -2.77. The molecule has 1 heterocycles. The van der Waals surface area contributed by atoms with Crippen molar-refractivity contribution in [1.82, 2.24) is 5.32 Å². The first-order chi connectivity index (χ1) is 13.6. The van der Waals surface area contributed by atoms with E-state index in [-0.39, 0.29) is 12.2 Å². The molecular weight excluding hydrogens is 366 g/mol. The third-order valence-corrected chi connectivity index (χ3v) is 4.52. The third kappa shape index (κ3) is 5.15. The second kappa shape index (κ2) is 9.43. The molecule has 2 aromatic carbocycles. The topological polar surface area (TPSA) is 61.8 Å². The summed E-state index contributed by atoms with van der Waals surface area (Å²) in [5.41, 5.74) is 1.87. The Bertz CT molecular complexity index is 851. The molecule has 0 unspecified atom stereocenters. The number of nitrogens with one attached hydrogen (secondary N) is 1. The predicted molar refractivity (Wildman–Crippen MR) is 103 cm³/mol. The van der Waals surface area contributed by atoms with Crippen molar-refractivity contribution in [1.29, 1.82) is 0 Å². The lowest BCUT2D eigenvalue weighted by atomic mass is 10.1. The minimum absolute atomic E-state index is 0.103. The average molecular weight is 388 g/mol. The Balaban J connectivity index is 1.67. The molecule has 3 rings (SSSR count). The quantitative estimate of drug-likeness (QED) is 0.747. The molecule has 1 atom stereocenters. The van der Waals surface area contributed by atoms with Gasteiger partial charge in [-0.2, -0.15) is 0 Å². The Kier molecular flexibility index (Phi) is 6.73. The van der Waals surface area contributed by atoms with Crippen molar-refractivity contribution in [2.24, 2.45) is 0 Å². The molecule has 1 amide bonds. The lowest BCUT2D eigenvalue weighted by Crippen LogP contribution is -2.36. The standard InChI is InChI=1S/C21H22F2N2O3/c22-17-6-4-15(19(23)13-17)5-7-21(27)24-20(14-26)16-2-1-3-18(12-16)25-8-10-28-11-9-25/h1-7,12-13,20,26H,8-11,14H2,(H,24,27)/b7-5+/t20-/m0/s1. The molecule has 0 aliphatic carbocycles. The van der Waals surface area contributed by atoms with Crippen LogP contribution < -0.4 is 10.2 Å². The highest BCUT2D eigenvalue weighted by atomic mass is 19.1. The number of benzene rings is 2. The van der Waals surface area contributed by atoms with E-state index in [9.17, 15) is 18.7 Å². The molecule has 2 N–H and O–H groups in total. The van der Waals surface area contributed by atoms with Gasteiger partial charge in [0.25, 0.3) is 0 Å². The fraction of sp³-hybridized carbons (Fsp3) is 0.286. The van der Waals surface area contributed by atoms with Gasteiger partial charge in [-0.3, -0.25) is 4.79 Å². The lowest BCUT2D eigenvalue weighted by Gasteiger charge is -2.29. The van der Waals surface area contributed by atoms with E-state index in [4.69, 9.17) is 4.74 Å². The van der Waals surface area contributed by atoms with Gasteiger partial charge in [0.15, 0.2) is 0 Å². The number of morpholine rings is 1. The third-order valence-electron chi connectivity index (χ3n) is 4.52. The molecule has 5 nitrogen and oxygen atoms in total. The monoisotopic (exact) mass is 388 g/mol. The molecule has 1 aliphatic heterocycles. The molecule has 2 aromatic rings. The summed E-state index contributed by atoms with van der Waals surface area (Å²) < 4.78 is 31.9. The van der Waals surface area contributed by atoms with Crippen molar-refractivity contribution in [3.05, 3.63) is 71.3 Å². The smallest absolute Gasteiger partial charge is 0.244 e. The van der Waals surface area contributed by atoms with E-state index < -0.39 is 23.6 Å². The summed E-state index contributed by atoms with van der Waals surface area (Å²) in [6, 6.07) is 10.1. The number of carbonyl (C=O) groups excluding carboxylic acids is 1. The van der Waals surface area contributed by atoms with Gasteiger partial charge in [-0.25, -0.2) is 8.78 Å². The largest absolute Gasteiger partial charge is 0.394 e. The Morgan fingerprint density at radius 3 is 2.71 bits per heavy atom. The number of nitrogens with zero attached hydrogens (tertiary/aromatic N) is 1. The number of hydrogen-bond acceptors (Lipinski definition) is 4. The van der Waals surface area contributed by atoms with Gasteiger partial charge >= 0.3 is 0 Å². The number of hydrogen-bond donors (Lipinski definition) is 2. The molecule has 0 saturated carbocycles. The number of aliphatic hydroxyl groups is 1. The number of ether oxygens (including phenoxy) is 1. The van der Waals surface area contributed by atoms with E-state index in [1.165, 1.54) is 12.1 Å². The molecule has 0 aromatic heterocycles. The van der Waals surface area contributed by atoms with Crippen LogP contribution in [0.5, 0.6) is 0 Å². The van der Waals surface area contributed by atoms with Crippen LogP contribution in [-0.4, -0.2) is 43.9 Å². The summed E-state index contributed by atoms with van der Waals surface area (Å²) in [6.45, 7) is 2.61. The number of halogens is 2. The van der Waals surface area contributed by atoms with Crippen molar-refractivity contribution in [2.75, 3.05) is 37.8 Å². The van der Waals surface area contributed by atoms with Gasteiger partial charge in [0.05, 0.1) is 25.9 Å². The summed E-state index contributed by atoms with van der Waals surface area (Å²) in [4.78, 5) is 14.4. The zero-order chi connectivity index (χ0) is 19.9. The highest BCUT2D eigenvalue weighted by molar-refractivity contribution is 5.92. The van der Waals surface area contributed by atoms with Gasteiger partial charge in [0.1, 0.15) is 11.6 Å². The van der Waals surface area contributed by atoms with E-state index in [1.807, 2.05) is 24.3 Å². The summed E-state index contributed by atoms with van der Waals surface area (Å²) in [5.74, 6) is -1.92. The Labute approximate surface area is 162 Å². The second-order valence-electron chi connectivity index (χ2n) is 6.44. The van der Waals surface area contributed by atoms with Gasteiger partial charge in [0, 0.05) is 36.5 Å². The maximum Gasteiger partial charge on any atom is 0.244 e. The van der Waals surface area contributed by atoms with Crippen LogP contribution in [0.1, 0.15) is 17.2 Å². The first-order valence-corrected chi connectivity index (χ1v) is 9.04. The molecule has 0 radical (unpaired) electrons. The zero-order valence-corrected chi connectivity index (χ0v) is 15.3. The van der Waals surface area contributed by atoms with Crippen molar-refractivity contribution in [3.8, 4) is 0 Å². The van der Waals surface area contributed by atoms with Crippen molar-refractivity contribution in [2.45, 2.75) is 6.04 Å². The van der Waals surface area contributed by atoms with Gasteiger partial charge in [-0.1, -0.05) is 12.1 Å². The minimum atomic E-state index is -0.749. The first-order valence-electron chi connectivity index (χ1n) is 9.04. The van der Waals surface area contributed by atoms with Crippen LogP contribution in [0.4, 0.5) is 14.5 Å². The van der Waals surface area contributed by atoms with Crippen LogP contribution in [0.15, 0.2) is 48.5 Å². The van der Waals surface area contributed by atoms with Gasteiger partial charge < -0.3 is 20.1 Å². The molecule has 1 saturated heterocycles. The molecule has 1 aliphatic rings. The fourth-order valence-electron chi connectivity index (χ4n) is 3.02. The van der Waals surface area contributed by atoms with E-state index >= 15 is 0 Å². The number of amides is 1. The van der Waals surface area contributed by atoms with E-state index in [2.05, 4.69) is 10.2 Å². The molecule has 7 heteroatoms. The molecule has 28 heavy (non-hydrogen) atoms. The van der Waals surface area contributed by atoms with E-state index in [0.29, 0.717) is 13.2 Å². The average Bonchev–Trinajstić information content (AvgIpc) is 2.72. The summed E-state index contributed by atoms with van der Waals surface area (Å²) >= 11 is 0. The second-order valence-corrected chi connectivity index (χ2v) is 6.44. The van der Waals surface area contributed by atoms with Crippen molar-refractivity contribution >= 4 is 17.7 Å². The van der Waals surface area contributed by atoms with Gasteiger partial charge in [-0.15, -0.1) is 0 Å². The summed E-state index contributed by atoms with van der Waals surface area (Å²) in [5, 5.41) is 12.4. The molecule has 0 spiro atoms. The van der Waals surface area contributed by atoms with Crippen LogP contribution in [0.3, 0.4) is 0 Å². The Morgan fingerprint density at radius 1 is 1.21 bits per heavy atom. The highest BCUT2D eigenvalue weighted by Crippen LogP contribution is 2.22. The predicted octanol–water partition coefficient (Wildman–Crippen LogP) is 2.66. The maximum atomic E-state index is 13.6. The summed E-state index contributed by atoms with van der Waals surface area (Å²) in [6.07, 6.45) is 2.42. The zero-order valence-electron chi connectivity index (χ0n) is 15.3. The van der Waals surface area contributed by atoms with Crippen molar-refractivity contribution < 1.29 is 23.4 Å². The number of rotatable bonds is 6. The first kappa shape index (κ1) is 20.0. The SMILES string of the molecule is O=C(/C=C/c1ccc(F)cc1F)N[C@@H](CO)c1cccc(N2CCOCC2)c1. The van der Waals surface area contributed by atoms with Crippen LogP contribution in [0.2, 0.25) is 0 Å². The van der Waals surface area contributed by atoms with E-state index in [1.54, 1.807) is 0 Å². The molecule has 1 fully saturated rings. The van der Waals surface area contributed by atoms with Gasteiger partial charge in [0.2, 0.25) is 5.91 Å². The van der Waals surface area contributed by atoms with Crippen LogP contribution >= 0.6 is 0 Å². The summed E-state index contributed by atoms with van der Waals surface area (Å²) in [7, 11) is 0. The number of carbonyl (C=O) groups is 1. The molecule has 148 valence electrons. The Morgan fingerprint density at radius 2 is 2.00 bits per heavy atom. The van der Waals surface area contributed by atoms with Crippen LogP contribution in [0, 0.1) is 11.6 Å². The van der Waals surface area contributed by atoms with E-state index in [0.717, 1.165) is 42.5 Å². The fourth-order valence-corrected chi connectivity index (χ4v) is 3.02. The van der Waals surface area contributed by atoms with Crippen LogP contribution in [0.25, 0.3) is 6.08 Å². The maximum absolute atomic E-state index is 13.6. The lowest BCUT2D eigenvalue weighted by molar-refractivity contribution is -0.117. The molecular formula is C21H22F2N2O3. The van der Waals surface area contributed by atoms with Crippen molar-refractivity contribution in [3.63, 3.8) is 0 Å². The minimum Gasteiger partial charge on any atom is -0.394 e. The van der Waals surface area contributed by atoms with Crippen LogP contribution in [-0.2, 0) is 9.53 Å². The number of anilines is 1.